The van der Waals surface area contributed by atoms with Gasteiger partial charge in [-0.25, -0.2) is 0 Å². The molecule has 2 atom stereocenters. The third kappa shape index (κ3) is 5.61. The van der Waals surface area contributed by atoms with Gasteiger partial charge in [0.25, 0.3) is 0 Å². The molecule has 1 N–H and O–H groups in total. The molecular weight excluding hydrogens is 330 g/mol. The molecule has 0 amide bonds. The van der Waals surface area contributed by atoms with Gasteiger partial charge in [-0.3, -0.25) is 0 Å². The van der Waals surface area contributed by atoms with Gasteiger partial charge in [0.1, 0.15) is 5.75 Å². The average molecular weight is 358 g/mol. The van der Waals surface area contributed by atoms with Crippen LogP contribution in [0.3, 0.4) is 0 Å². The molecule has 0 aromatic heterocycles. The van der Waals surface area contributed by atoms with E-state index >= 15 is 0 Å². The first-order valence-corrected chi connectivity index (χ1v) is 8.50. The van der Waals surface area contributed by atoms with Crippen molar-refractivity contribution in [2.45, 2.75) is 46.3 Å². The number of benzene rings is 1. The molecule has 0 spiro atoms. The summed E-state index contributed by atoms with van der Waals surface area (Å²) in [4.78, 5) is 0. The Morgan fingerprint density at radius 2 is 1.95 bits per heavy atom. The van der Waals surface area contributed by atoms with Gasteiger partial charge in [0.2, 0.25) is 0 Å². The molecule has 0 aliphatic rings. The van der Waals surface area contributed by atoms with Crippen LogP contribution in [0, 0.1) is 5.92 Å². The van der Waals surface area contributed by atoms with Crippen molar-refractivity contribution in [1.29, 1.82) is 0 Å². The summed E-state index contributed by atoms with van der Waals surface area (Å²) in [5, 5.41) is 3.58. The normalized spacial score (nSPS) is 14.2. The van der Waals surface area contributed by atoms with Crippen LogP contribution in [0.5, 0.6) is 5.75 Å². The monoisotopic (exact) mass is 357 g/mol. The van der Waals surface area contributed by atoms with Gasteiger partial charge >= 0.3 is 0 Å². The number of rotatable bonds is 9. The molecule has 0 aliphatic heterocycles. The second-order valence-electron chi connectivity index (χ2n) is 5.49. The molecule has 21 heavy (non-hydrogen) atoms. The highest BCUT2D eigenvalue weighted by atomic mass is 79.9. The predicted octanol–water partition coefficient (Wildman–Crippen LogP) is 4.04. The van der Waals surface area contributed by atoms with E-state index in [-0.39, 0.29) is 6.10 Å². The van der Waals surface area contributed by atoms with E-state index in [0.29, 0.717) is 12.0 Å². The van der Waals surface area contributed by atoms with E-state index in [1.807, 2.05) is 12.1 Å². The van der Waals surface area contributed by atoms with Crippen molar-refractivity contribution in [3.63, 3.8) is 0 Å². The topological polar surface area (TPSA) is 30.5 Å². The summed E-state index contributed by atoms with van der Waals surface area (Å²) >= 11 is 3.64. The Morgan fingerprint density at radius 1 is 1.24 bits per heavy atom. The zero-order valence-corrected chi connectivity index (χ0v) is 15.4. The van der Waals surface area contributed by atoms with E-state index < -0.39 is 0 Å². The molecule has 0 radical (unpaired) electrons. The number of halogens is 1. The minimum absolute atomic E-state index is 0.202. The van der Waals surface area contributed by atoms with Crippen LogP contribution in [0.15, 0.2) is 22.7 Å². The van der Waals surface area contributed by atoms with Crippen LogP contribution in [0.2, 0.25) is 0 Å². The third-order valence-corrected chi connectivity index (χ3v) is 4.35. The highest BCUT2D eigenvalue weighted by Crippen LogP contribution is 2.25. The molecule has 1 aromatic carbocycles. The van der Waals surface area contributed by atoms with Gasteiger partial charge in [-0.1, -0.05) is 36.7 Å². The van der Waals surface area contributed by atoms with E-state index in [2.05, 4.69) is 55.0 Å². The molecule has 2 unspecified atom stereocenters. The maximum absolute atomic E-state index is 5.98. The number of ether oxygens (including phenoxy) is 2. The largest absolute Gasteiger partial charge is 0.497 e. The first kappa shape index (κ1) is 18.5. The van der Waals surface area contributed by atoms with Crippen molar-refractivity contribution >= 4 is 15.9 Å². The van der Waals surface area contributed by atoms with Crippen LogP contribution >= 0.6 is 15.9 Å². The fourth-order valence-corrected chi connectivity index (χ4v) is 3.01. The lowest BCUT2D eigenvalue weighted by atomic mass is 9.93. The van der Waals surface area contributed by atoms with E-state index in [1.54, 1.807) is 7.11 Å². The van der Waals surface area contributed by atoms with Gasteiger partial charge in [-0.15, -0.1) is 0 Å². The molecule has 0 heterocycles. The molecule has 0 saturated carbocycles. The van der Waals surface area contributed by atoms with E-state index in [4.69, 9.17) is 9.47 Å². The number of hydrogen-bond donors (Lipinski definition) is 1. The summed E-state index contributed by atoms with van der Waals surface area (Å²) in [5.74, 6) is 1.36. The quantitative estimate of drug-likeness (QED) is 0.723. The van der Waals surface area contributed by atoms with Crippen LogP contribution in [-0.2, 0) is 11.2 Å². The zero-order chi connectivity index (χ0) is 15.8. The lowest BCUT2D eigenvalue weighted by molar-refractivity contribution is 0.00391. The summed E-state index contributed by atoms with van der Waals surface area (Å²) in [6.45, 7) is 10.3. The summed E-state index contributed by atoms with van der Waals surface area (Å²) in [6, 6.07) is 6.40. The molecular formula is C17H28BrNO2. The number of methoxy groups -OCH3 is 1. The Labute approximate surface area is 137 Å². The Balaban J connectivity index is 2.95. The molecule has 1 rings (SSSR count). The van der Waals surface area contributed by atoms with Crippen LogP contribution < -0.4 is 10.1 Å². The molecule has 4 heteroatoms. The van der Waals surface area contributed by atoms with Crippen molar-refractivity contribution in [3.05, 3.63) is 28.2 Å². The van der Waals surface area contributed by atoms with Crippen molar-refractivity contribution < 1.29 is 9.47 Å². The highest BCUT2D eigenvalue weighted by Gasteiger charge is 2.25. The van der Waals surface area contributed by atoms with Crippen molar-refractivity contribution in [2.24, 2.45) is 5.92 Å². The summed E-state index contributed by atoms with van der Waals surface area (Å²) < 4.78 is 12.4. The van der Waals surface area contributed by atoms with Gasteiger partial charge < -0.3 is 14.8 Å². The zero-order valence-electron chi connectivity index (χ0n) is 13.8. The van der Waals surface area contributed by atoms with Crippen molar-refractivity contribution in [2.75, 3.05) is 20.3 Å². The van der Waals surface area contributed by atoms with Gasteiger partial charge in [-0.05, 0) is 49.6 Å². The maximum Gasteiger partial charge on any atom is 0.119 e. The number of likely N-dealkylation sites (N-methyl/N-ethyl adjacent to an activating group) is 1. The number of nitrogens with one attached hydrogen (secondary N) is 1. The van der Waals surface area contributed by atoms with Crippen LogP contribution in [0.25, 0.3) is 0 Å². The second kappa shape index (κ2) is 9.44. The maximum atomic E-state index is 5.98. The Hall–Kier alpha value is -0.580. The smallest absolute Gasteiger partial charge is 0.119 e. The predicted molar refractivity (Wildman–Crippen MR) is 92.1 cm³/mol. The summed E-state index contributed by atoms with van der Waals surface area (Å²) in [5.41, 5.74) is 1.24. The van der Waals surface area contributed by atoms with Crippen LogP contribution in [0.4, 0.5) is 0 Å². The first-order chi connectivity index (χ1) is 10.0. The SMILES string of the molecule is CCNC(Cc1cc(OC)ccc1Br)C(OCC)C(C)C. The van der Waals surface area contributed by atoms with E-state index in [1.165, 1.54) is 5.56 Å². The Bertz CT molecular complexity index is 423. The molecule has 1 aromatic rings. The second-order valence-corrected chi connectivity index (χ2v) is 6.34. The fourth-order valence-electron chi connectivity index (χ4n) is 2.60. The van der Waals surface area contributed by atoms with Gasteiger partial charge in [-0.2, -0.15) is 0 Å². The van der Waals surface area contributed by atoms with Crippen molar-refractivity contribution in [3.8, 4) is 5.75 Å². The Morgan fingerprint density at radius 3 is 2.48 bits per heavy atom. The summed E-state index contributed by atoms with van der Waals surface area (Å²) in [7, 11) is 1.70. The minimum Gasteiger partial charge on any atom is -0.497 e. The van der Waals surface area contributed by atoms with Gasteiger partial charge in [0, 0.05) is 17.1 Å². The highest BCUT2D eigenvalue weighted by molar-refractivity contribution is 9.10. The lowest BCUT2D eigenvalue weighted by Crippen LogP contribution is -2.45. The first-order valence-electron chi connectivity index (χ1n) is 7.70. The number of hydrogen-bond acceptors (Lipinski definition) is 3. The van der Waals surface area contributed by atoms with Crippen molar-refractivity contribution in [1.82, 2.24) is 5.32 Å². The average Bonchev–Trinajstić information content (AvgIpc) is 2.46. The Kier molecular flexibility index (Phi) is 8.30. The van der Waals surface area contributed by atoms with Gasteiger partial charge in [0.05, 0.1) is 13.2 Å². The molecule has 0 saturated heterocycles. The molecule has 0 bridgehead atoms. The van der Waals surface area contributed by atoms with Crippen LogP contribution in [-0.4, -0.2) is 32.4 Å². The lowest BCUT2D eigenvalue weighted by Gasteiger charge is -2.31. The van der Waals surface area contributed by atoms with E-state index in [9.17, 15) is 0 Å². The van der Waals surface area contributed by atoms with Crippen LogP contribution in [0.1, 0.15) is 33.3 Å². The molecule has 0 aliphatic carbocycles. The van der Waals surface area contributed by atoms with Gasteiger partial charge in [0.15, 0.2) is 0 Å². The summed E-state index contributed by atoms with van der Waals surface area (Å²) in [6.07, 6.45) is 1.11. The molecule has 0 fully saturated rings. The molecule has 120 valence electrons. The fraction of sp³-hybridized carbons (Fsp3) is 0.647. The minimum atomic E-state index is 0.202. The van der Waals surface area contributed by atoms with E-state index in [0.717, 1.165) is 29.8 Å². The standard InChI is InChI=1S/C17H28BrNO2/c1-6-19-16(17(12(3)4)21-7-2)11-13-10-14(20-5)8-9-15(13)18/h8-10,12,16-17,19H,6-7,11H2,1-5H3. The third-order valence-electron chi connectivity index (χ3n) is 3.57. The molecule has 3 nitrogen and oxygen atoms in total.